The Morgan fingerprint density at radius 1 is 1.32 bits per heavy atom. The van der Waals surface area contributed by atoms with Gasteiger partial charge in [-0.2, -0.15) is 15.1 Å². The second-order valence-corrected chi connectivity index (χ2v) is 11.5. The van der Waals surface area contributed by atoms with Gasteiger partial charge in [-0.05, 0) is 32.9 Å². The molecule has 218 valence electrons. The van der Waals surface area contributed by atoms with Crippen molar-refractivity contribution in [2.75, 3.05) is 18.1 Å². The molecule has 14 nitrogen and oxygen atoms in total. The van der Waals surface area contributed by atoms with E-state index in [0.717, 1.165) is 0 Å². The molecular formula is C25H29FN7O7P. The van der Waals surface area contributed by atoms with Gasteiger partial charge in [0, 0.05) is 7.05 Å². The first-order valence-electron chi connectivity index (χ1n) is 12.6. The van der Waals surface area contributed by atoms with E-state index in [1.54, 1.807) is 39.1 Å². The predicted octanol–water partition coefficient (Wildman–Crippen LogP) is 1.94. The number of alkyl halides is 1. The lowest BCUT2D eigenvalue weighted by molar-refractivity contribution is -0.149. The maximum Gasteiger partial charge on any atom is 0.459 e. The lowest BCUT2D eigenvalue weighted by atomic mass is 9.96. The van der Waals surface area contributed by atoms with Gasteiger partial charge in [0.05, 0.1) is 12.4 Å². The number of nitrogens with one attached hydrogen (secondary N) is 2. The number of imidazole rings is 1. The van der Waals surface area contributed by atoms with Crippen LogP contribution in [0.2, 0.25) is 0 Å². The molecule has 0 radical (unpaired) electrons. The zero-order valence-electron chi connectivity index (χ0n) is 22.5. The first-order valence-corrected chi connectivity index (χ1v) is 14.1. The van der Waals surface area contributed by atoms with Gasteiger partial charge in [0.15, 0.2) is 28.8 Å². The van der Waals surface area contributed by atoms with E-state index in [1.807, 2.05) is 5.92 Å². The Morgan fingerprint density at radius 3 is 2.66 bits per heavy atom. The topological polar surface area (TPSA) is 185 Å². The first-order chi connectivity index (χ1) is 19.4. The summed E-state index contributed by atoms with van der Waals surface area (Å²) in [6.07, 6.45) is 1.88. The molecule has 2 aromatic heterocycles. The van der Waals surface area contributed by atoms with Crippen molar-refractivity contribution in [1.82, 2.24) is 24.6 Å². The number of fused-ring (bicyclic) bond motifs is 2. The quantitative estimate of drug-likeness (QED) is 0.153. The fourth-order valence-corrected chi connectivity index (χ4v) is 6.37. The SMILES string of the molecule is C#C[C@]1(F)[C@H](n2cnc3c(NC)nc(N)nc32)O[C@@H]2C(O[P@@](=O)(N[C@@H](C)C(=O)OC(C)C)Oc3ccccc3)[C@@]21O. The number of nitrogen functional groups attached to an aromatic ring is 1. The Labute approximate surface area is 234 Å². The molecule has 1 aromatic carbocycles. The van der Waals surface area contributed by atoms with E-state index in [2.05, 4.69) is 25.4 Å². The van der Waals surface area contributed by atoms with Gasteiger partial charge in [-0.1, -0.05) is 24.1 Å². The van der Waals surface area contributed by atoms with Crippen LogP contribution in [0.1, 0.15) is 27.0 Å². The van der Waals surface area contributed by atoms with E-state index in [0.29, 0.717) is 0 Å². The molecule has 7 atom stereocenters. The number of rotatable bonds is 10. The number of anilines is 2. The van der Waals surface area contributed by atoms with Crippen LogP contribution in [0.25, 0.3) is 11.2 Å². The average molecular weight is 590 g/mol. The summed E-state index contributed by atoms with van der Waals surface area (Å²) in [5.41, 5.74) is 0.802. The largest absolute Gasteiger partial charge is 0.462 e. The third-order valence-corrected chi connectivity index (χ3v) is 8.31. The Balaban J connectivity index is 1.44. The normalized spacial score (nSPS) is 28.9. The van der Waals surface area contributed by atoms with E-state index in [-0.39, 0.29) is 28.7 Å². The number of terminal acetylenes is 1. The number of nitrogens with two attached hydrogens (primary N) is 1. The molecule has 2 aliphatic rings. The van der Waals surface area contributed by atoms with Crippen molar-refractivity contribution in [3.05, 3.63) is 36.7 Å². The third-order valence-electron chi connectivity index (χ3n) is 6.65. The maximum absolute atomic E-state index is 16.6. The third kappa shape index (κ3) is 4.77. The summed E-state index contributed by atoms with van der Waals surface area (Å²) in [4.78, 5) is 24.8. The molecule has 0 amide bonds. The molecular weight excluding hydrogens is 560 g/mol. The minimum atomic E-state index is -4.48. The number of ether oxygens (including phenoxy) is 2. The summed E-state index contributed by atoms with van der Waals surface area (Å²) >= 11 is 0. The summed E-state index contributed by atoms with van der Waals surface area (Å²) in [6, 6.07) is 6.79. The van der Waals surface area contributed by atoms with Crippen molar-refractivity contribution in [3.63, 3.8) is 0 Å². The highest BCUT2D eigenvalue weighted by molar-refractivity contribution is 7.52. The predicted molar refractivity (Wildman–Crippen MR) is 144 cm³/mol. The standard InChI is InChI=1S/C25H29FN7O7P/c1-6-24(26)22(33-12-29-16-19(28-5)30-23(27)31-20(16)33)38-17-18(25(17,24)35)40-41(36,39-15-10-8-7-9-11-15)32-14(4)21(34)37-13(2)3/h1,7-14,17-18,22,35H,2-5H3,(H,32,36)(H3,27,28,30,31)/t14-,17+,18?,22+,24-,25-,41+/m0/s1. The van der Waals surface area contributed by atoms with Gasteiger partial charge >= 0.3 is 13.7 Å². The lowest BCUT2D eigenvalue weighted by Crippen LogP contribution is -2.47. The number of esters is 1. The molecule has 3 heterocycles. The van der Waals surface area contributed by atoms with Crippen molar-refractivity contribution >= 4 is 36.6 Å². The summed E-state index contributed by atoms with van der Waals surface area (Å²) < 4.78 is 54.0. The molecule has 41 heavy (non-hydrogen) atoms. The van der Waals surface area contributed by atoms with Crippen LogP contribution in [0.5, 0.6) is 5.75 Å². The van der Waals surface area contributed by atoms with Crippen LogP contribution >= 0.6 is 7.75 Å². The molecule has 1 aliphatic carbocycles. The number of carbonyl (C=O) groups is 1. The number of benzene rings is 1. The van der Waals surface area contributed by atoms with E-state index >= 15 is 4.39 Å². The Morgan fingerprint density at radius 2 is 2.02 bits per heavy atom. The van der Waals surface area contributed by atoms with E-state index < -0.39 is 55.6 Å². The van der Waals surface area contributed by atoms with Gasteiger partial charge < -0.3 is 30.2 Å². The molecule has 16 heteroatoms. The Bertz CT molecular complexity index is 1570. The highest BCUT2D eigenvalue weighted by atomic mass is 31.2. The van der Waals surface area contributed by atoms with Crippen LogP contribution in [-0.2, 0) is 23.4 Å². The van der Waals surface area contributed by atoms with Gasteiger partial charge in [-0.3, -0.25) is 13.9 Å². The zero-order chi connectivity index (χ0) is 29.7. The van der Waals surface area contributed by atoms with Crippen LogP contribution in [0.4, 0.5) is 16.2 Å². The molecule has 1 unspecified atom stereocenters. The van der Waals surface area contributed by atoms with Gasteiger partial charge in [-0.25, -0.2) is 13.9 Å². The highest BCUT2D eigenvalue weighted by Crippen LogP contribution is 2.66. The fourth-order valence-electron chi connectivity index (χ4n) is 4.66. The monoisotopic (exact) mass is 589 g/mol. The van der Waals surface area contributed by atoms with Gasteiger partial charge in [0.2, 0.25) is 11.6 Å². The lowest BCUT2D eigenvalue weighted by Gasteiger charge is -2.31. The second-order valence-electron chi connectivity index (χ2n) is 9.86. The molecule has 1 saturated carbocycles. The number of hydrogen-bond donors (Lipinski definition) is 4. The van der Waals surface area contributed by atoms with Crippen molar-refractivity contribution in [3.8, 4) is 18.1 Å². The molecule has 3 aromatic rings. The number of aliphatic hydroxyl groups is 1. The van der Waals surface area contributed by atoms with E-state index in [1.165, 1.54) is 30.0 Å². The van der Waals surface area contributed by atoms with Crippen LogP contribution in [-0.4, -0.2) is 73.3 Å². The minimum absolute atomic E-state index is 0.101. The number of carbonyl (C=O) groups excluding carboxylic acids is 1. The van der Waals surface area contributed by atoms with E-state index in [9.17, 15) is 14.5 Å². The van der Waals surface area contributed by atoms with Crippen LogP contribution < -0.4 is 20.7 Å². The molecule has 0 bridgehead atoms. The first kappa shape index (κ1) is 28.7. The second kappa shape index (κ2) is 10.2. The fraction of sp³-hybridized carbons (Fsp3) is 0.440. The van der Waals surface area contributed by atoms with Crippen molar-refractivity contribution in [1.29, 1.82) is 0 Å². The molecule has 0 spiro atoms. The summed E-state index contributed by atoms with van der Waals surface area (Å²) in [7, 11) is -2.88. The van der Waals surface area contributed by atoms with Crippen LogP contribution in [0, 0.1) is 12.3 Å². The number of hydrogen-bond acceptors (Lipinski definition) is 12. The average Bonchev–Trinajstić information content (AvgIpc) is 3.18. The molecule has 5 N–H and O–H groups in total. The Kier molecular flexibility index (Phi) is 7.17. The van der Waals surface area contributed by atoms with Crippen molar-refractivity contribution in [2.45, 2.75) is 62.6 Å². The Hall–Kier alpha value is -3.80. The van der Waals surface area contributed by atoms with Gasteiger partial charge in [-0.15, -0.1) is 6.42 Å². The van der Waals surface area contributed by atoms with Gasteiger partial charge in [0.25, 0.3) is 0 Å². The maximum atomic E-state index is 16.6. The minimum Gasteiger partial charge on any atom is -0.462 e. The van der Waals surface area contributed by atoms with Crippen molar-refractivity contribution in [2.24, 2.45) is 0 Å². The van der Waals surface area contributed by atoms with Crippen molar-refractivity contribution < 1.29 is 37.4 Å². The van der Waals surface area contributed by atoms with Crippen LogP contribution in [0.15, 0.2) is 36.7 Å². The van der Waals surface area contributed by atoms with Crippen LogP contribution in [0.3, 0.4) is 0 Å². The smallest absolute Gasteiger partial charge is 0.459 e. The van der Waals surface area contributed by atoms with E-state index in [4.69, 9.17) is 30.7 Å². The summed E-state index contributed by atoms with van der Waals surface area (Å²) in [5.74, 6) is 1.54. The number of aromatic nitrogens is 4. The highest BCUT2D eigenvalue weighted by Gasteiger charge is 2.87. The number of nitrogens with zero attached hydrogens (tertiary/aromatic N) is 4. The molecule has 5 rings (SSSR count). The zero-order valence-corrected chi connectivity index (χ0v) is 23.4. The summed E-state index contributed by atoms with van der Waals surface area (Å²) in [6.45, 7) is 4.70. The summed E-state index contributed by atoms with van der Waals surface area (Å²) in [5, 5.41) is 16.8. The number of halogens is 1. The van der Waals surface area contributed by atoms with Gasteiger partial charge in [0.1, 0.15) is 24.0 Å². The molecule has 2 fully saturated rings. The molecule has 1 aliphatic heterocycles. The molecule has 1 saturated heterocycles. The number of para-hydroxylation sites is 1.